The predicted molar refractivity (Wildman–Crippen MR) is 152 cm³/mol. The van der Waals surface area contributed by atoms with Crippen LogP contribution >= 0.6 is 0 Å². The van der Waals surface area contributed by atoms with E-state index in [0.29, 0.717) is 18.6 Å². The molecule has 0 aliphatic rings. The number of hydrogen-bond acceptors (Lipinski definition) is 3. The highest BCUT2D eigenvalue weighted by molar-refractivity contribution is 5.78. The van der Waals surface area contributed by atoms with Crippen molar-refractivity contribution < 1.29 is 19.4 Å². The van der Waals surface area contributed by atoms with E-state index in [1.54, 1.807) is 14.0 Å². The van der Waals surface area contributed by atoms with Gasteiger partial charge in [0.25, 0.3) is 0 Å². The van der Waals surface area contributed by atoms with Crippen molar-refractivity contribution in [1.82, 2.24) is 0 Å². The van der Waals surface area contributed by atoms with Crippen molar-refractivity contribution in [1.29, 1.82) is 0 Å². The topological polar surface area (TPSA) is 63.6 Å². The second-order valence-corrected chi connectivity index (χ2v) is 11.2. The monoisotopic (exact) mass is 508 g/mol. The van der Waals surface area contributed by atoms with Crippen LogP contribution in [-0.4, -0.2) is 30.1 Å². The first kappa shape index (κ1) is 30.8. The van der Waals surface area contributed by atoms with E-state index in [0.717, 1.165) is 56.9 Å². The molecule has 0 heterocycles. The molecule has 37 heavy (non-hydrogen) atoms. The number of benzene rings is 2. The lowest BCUT2D eigenvalue weighted by Gasteiger charge is -2.35. The van der Waals surface area contributed by atoms with Gasteiger partial charge in [-0.3, -0.25) is 9.59 Å². The third-order valence-electron chi connectivity index (χ3n) is 8.75. The van der Waals surface area contributed by atoms with Crippen LogP contribution in [0.3, 0.4) is 0 Å². The van der Waals surface area contributed by atoms with Gasteiger partial charge in [-0.1, -0.05) is 107 Å². The minimum absolute atomic E-state index is 0.0353. The number of Topliss-reactive ketones (excluding diaryl/α,β-unsaturated/α-hetero) is 1. The highest BCUT2D eigenvalue weighted by atomic mass is 16.5. The summed E-state index contributed by atoms with van der Waals surface area (Å²) in [7, 11) is 1.78. The maximum atomic E-state index is 12.5. The molecular weight excluding hydrogens is 460 g/mol. The molecular formula is C33H48O4. The molecule has 2 aromatic carbocycles. The summed E-state index contributed by atoms with van der Waals surface area (Å²) in [5, 5.41) is 9.67. The van der Waals surface area contributed by atoms with Gasteiger partial charge in [0.05, 0.1) is 12.0 Å². The Morgan fingerprint density at radius 1 is 0.730 bits per heavy atom. The number of unbranched alkanes of at least 4 members (excludes halogenated alkanes) is 4. The number of rotatable bonds is 18. The Hall–Kier alpha value is -2.46. The molecule has 4 heteroatoms. The Kier molecular flexibility index (Phi) is 12.5. The molecule has 0 aliphatic carbocycles. The second-order valence-electron chi connectivity index (χ2n) is 11.2. The second kappa shape index (κ2) is 15.1. The molecule has 4 atom stereocenters. The zero-order chi connectivity index (χ0) is 27.3. The van der Waals surface area contributed by atoms with Crippen LogP contribution in [0.25, 0.3) is 0 Å². The van der Waals surface area contributed by atoms with Crippen molar-refractivity contribution in [2.24, 2.45) is 5.92 Å². The van der Waals surface area contributed by atoms with E-state index in [1.807, 2.05) is 36.4 Å². The maximum absolute atomic E-state index is 12.5. The van der Waals surface area contributed by atoms with Gasteiger partial charge in [0.15, 0.2) is 0 Å². The minimum Gasteiger partial charge on any atom is -0.481 e. The predicted octanol–water partition coefficient (Wildman–Crippen LogP) is 8.13. The van der Waals surface area contributed by atoms with E-state index in [-0.39, 0.29) is 11.5 Å². The Bertz CT molecular complexity index is 941. The summed E-state index contributed by atoms with van der Waals surface area (Å²) in [4.78, 5) is 24.2. The largest absolute Gasteiger partial charge is 0.481 e. The first-order chi connectivity index (χ1) is 17.6. The van der Waals surface area contributed by atoms with Crippen molar-refractivity contribution in [2.45, 2.75) is 109 Å². The fraction of sp³-hybridized carbons (Fsp3) is 0.576. The van der Waals surface area contributed by atoms with Crippen molar-refractivity contribution in [2.75, 3.05) is 7.11 Å². The van der Waals surface area contributed by atoms with Crippen LogP contribution in [0.4, 0.5) is 0 Å². The van der Waals surface area contributed by atoms with Crippen LogP contribution in [0.1, 0.15) is 103 Å². The summed E-state index contributed by atoms with van der Waals surface area (Å²) in [6, 6.07) is 20.6. The normalized spacial score (nSPS) is 16.4. The van der Waals surface area contributed by atoms with E-state index in [2.05, 4.69) is 45.0 Å². The van der Waals surface area contributed by atoms with Crippen molar-refractivity contribution >= 4 is 11.8 Å². The fourth-order valence-corrected chi connectivity index (χ4v) is 5.47. The molecule has 0 fully saturated rings. The third-order valence-corrected chi connectivity index (χ3v) is 8.75. The van der Waals surface area contributed by atoms with Crippen LogP contribution in [0, 0.1) is 5.92 Å². The molecule has 0 radical (unpaired) electrons. The molecule has 1 N–H and O–H groups in total. The first-order valence-electron chi connectivity index (χ1n) is 14.0. The molecule has 0 amide bonds. The number of carboxylic acids is 1. The molecule has 0 spiro atoms. The zero-order valence-electron chi connectivity index (χ0n) is 23.7. The van der Waals surface area contributed by atoms with Crippen LogP contribution < -0.4 is 0 Å². The lowest BCUT2D eigenvalue weighted by molar-refractivity contribution is -0.143. The van der Waals surface area contributed by atoms with Gasteiger partial charge in [0.2, 0.25) is 0 Å². The molecule has 204 valence electrons. The molecule has 4 unspecified atom stereocenters. The van der Waals surface area contributed by atoms with Gasteiger partial charge < -0.3 is 9.84 Å². The van der Waals surface area contributed by atoms with Crippen LogP contribution in [0.15, 0.2) is 60.7 Å². The highest BCUT2D eigenvalue weighted by Crippen LogP contribution is 2.38. The third kappa shape index (κ3) is 8.81. The number of aliphatic carboxylic acids is 1. The Balaban J connectivity index is 1.71. The van der Waals surface area contributed by atoms with Gasteiger partial charge in [-0.25, -0.2) is 0 Å². The van der Waals surface area contributed by atoms with Gasteiger partial charge >= 0.3 is 5.97 Å². The molecule has 0 aromatic heterocycles. The smallest absolute Gasteiger partial charge is 0.307 e. The van der Waals surface area contributed by atoms with Crippen molar-refractivity contribution in [3.63, 3.8) is 0 Å². The Labute approximate surface area is 224 Å². The molecule has 2 aromatic rings. The fourth-order valence-electron chi connectivity index (χ4n) is 5.47. The zero-order valence-corrected chi connectivity index (χ0v) is 23.7. The summed E-state index contributed by atoms with van der Waals surface area (Å²) in [5.41, 5.74) is 1.93. The van der Waals surface area contributed by atoms with Crippen molar-refractivity contribution in [3.8, 4) is 0 Å². The van der Waals surface area contributed by atoms with E-state index in [9.17, 15) is 14.7 Å². The molecule has 0 bridgehead atoms. The number of ketones is 1. The van der Waals surface area contributed by atoms with E-state index < -0.39 is 17.3 Å². The Morgan fingerprint density at radius 2 is 1.16 bits per heavy atom. The minimum atomic E-state index is -0.762. The number of methoxy groups -OCH3 is 1. The molecule has 4 nitrogen and oxygen atoms in total. The van der Waals surface area contributed by atoms with Gasteiger partial charge in [0, 0.05) is 30.8 Å². The molecule has 0 saturated heterocycles. The van der Waals surface area contributed by atoms with Gasteiger partial charge in [0.1, 0.15) is 5.78 Å². The SMILES string of the molecule is COC(C)C(C)(CCCCCC(=O)CCCCCC(C)(c1ccccc1)C(C)C(=O)O)c1ccccc1. The van der Waals surface area contributed by atoms with Gasteiger partial charge in [-0.05, 0) is 43.7 Å². The standard InChI is InChI=1S/C33H48O4/c1-26(31(35)36)32(3,28-18-10-6-11-19-28)24-16-8-14-22-30(34)23-15-9-17-25-33(4,27(2)37-5)29-20-12-7-13-21-29/h6-7,10-13,18-21,26-27H,8-9,14-17,22-25H2,1-5H3,(H,35,36). The van der Waals surface area contributed by atoms with E-state index in [4.69, 9.17) is 4.74 Å². The summed E-state index contributed by atoms with van der Waals surface area (Å²) in [6.07, 6.45) is 9.05. The number of hydrogen-bond donors (Lipinski definition) is 1. The van der Waals surface area contributed by atoms with Crippen LogP contribution in [0.2, 0.25) is 0 Å². The van der Waals surface area contributed by atoms with Gasteiger partial charge in [-0.15, -0.1) is 0 Å². The lowest BCUT2D eigenvalue weighted by atomic mass is 9.69. The average Bonchev–Trinajstić information content (AvgIpc) is 2.92. The van der Waals surface area contributed by atoms with E-state index >= 15 is 0 Å². The van der Waals surface area contributed by atoms with Crippen LogP contribution in [-0.2, 0) is 25.2 Å². The summed E-state index contributed by atoms with van der Waals surface area (Å²) < 4.78 is 5.72. The quantitative estimate of drug-likeness (QED) is 0.206. The van der Waals surface area contributed by atoms with Crippen molar-refractivity contribution in [3.05, 3.63) is 71.8 Å². The number of ether oxygens (including phenoxy) is 1. The molecule has 2 rings (SSSR count). The summed E-state index contributed by atoms with van der Waals surface area (Å²) in [5.74, 6) is -0.879. The molecule has 0 aliphatic heterocycles. The Morgan fingerprint density at radius 3 is 1.59 bits per heavy atom. The van der Waals surface area contributed by atoms with Crippen LogP contribution in [0.5, 0.6) is 0 Å². The first-order valence-corrected chi connectivity index (χ1v) is 14.0. The lowest BCUT2D eigenvalue weighted by Crippen LogP contribution is -2.36. The number of carbonyl (C=O) groups is 2. The average molecular weight is 509 g/mol. The maximum Gasteiger partial charge on any atom is 0.307 e. The van der Waals surface area contributed by atoms with E-state index in [1.165, 1.54) is 5.56 Å². The molecule has 0 saturated carbocycles. The number of carbonyl (C=O) groups excluding carboxylic acids is 1. The highest BCUT2D eigenvalue weighted by Gasteiger charge is 2.37. The summed E-state index contributed by atoms with van der Waals surface area (Å²) in [6.45, 7) is 8.28. The number of carboxylic acid groups (broad SMARTS) is 1. The van der Waals surface area contributed by atoms with Gasteiger partial charge in [-0.2, -0.15) is 0 Å². The summed E-state index contributed by atoms with van der Waals surface area (Å²) >= 11 is 0.